The van der Waals surface area contributed by atoms with Crippen molar-refractivity contribution < 1.29 is 51.0 Å². The van der Waals surface area contributed by atoms with Gasteiger partial charge in [0, 0.05) is 17.0 Å². The molecule has 3 saturated heterocycles. The molecule has 2 unspecified atom stereocenters. The van der Waals surface area contributed by atoms with Crippen LogP contribution in [0.25, 0.3) is 21.5 Å². The summed E-state index contributed by atoms with van der Waals surface area (Å²) in [5.74, 6) is 2.62. The fourth-order valence-corrected chi connectivity index (χ4v) is 11.5. The molecule has 6 aromatic carbocycles. The molecule has 11 nitrogen and oxygen atoms in total. The molecule has 1 aliphatic carbocycles. The van der Waals surface area contributed by atoms with Crippen LogP contribution in [-0.2, 0) is 44.1 Å². The van der Waals surface area contributed by atoms with Crippen molar-refractivity contribution in [1.82, 2.24) is 0 Å². The molecule has 3 fully saturated rings. The van der Waals surface area contributed by atoms with Gasteiger partial charge in [0.25, 0.3) is 8.38 Å². The summed E-state index contributed by atoms with van der Waals surface area (Å²) in [4.78, 5) is 1.98. The van der Waals surface area contributed by atoms with Crippen LogP contribution < -0.4 is 13.6 Å². The topological polar surface area (TPSA) is 102 Å². The van der Waals surface area contributed by atoms with Gasteiger partial charge in [0.2, 0.25) is 0 Å². The van der Waals surface area contributed by atoms with Crippen molar-refractivity contribution in [2.45, 2.75) is 67.6 Å². The van der Waals surface area contributed by atoms with E-state index in [-0.39, 0.29) is 12.3 Å². The Morgan fingerprint density at radius 2 is 1.09 bits per heavy atom. The predicted octanol–water partition coefficient (Wildman–Crippen LogP) is 13.8. The lowest BCUT2D eigenvalue weighted by Crippen LogP contribution is -2.18. The van der Waals surface area contributed by atoms with Gasteiger partial charge in [0.15, 0.2) is 18.9 Å². The van der Waals surface area contributed by atoms with Crippen molar-refractivity contribution in [2.75, 3.05) is 39.6 Å². The minimum atomic E-state index is -2.05. The molecule has 0 amide bonds. The second kappa shape index (κ2) is 22.1. The first-order chi connectivity index (χ1) is 33.0. The lowest BCUT2D eigenvalue weighted by atomic mass is 10.1. The summed E-state index contributed by atoms with van der Waals surface area (Å²) in [6, 6.07) is 40.8. The molecular formula is C53H52O11P2S. The average molecular weight is 959 g/mol. The standard InChI is InChI=1S/C53H52O11P2S/c1-36(2)65(62-46-22-11-9-20-44(46)52-54-28-13-29-55-52)63-48-27-26-38-15-5-8-19-43(38)50(48)67-49-40(25-24-37-14-4-7-18-42(37)49)35-60-66(64-47-23-12-10-21-45(47)53-58-32-33-59-53)61-41-17-6-3-16-39(34-41)51-56-30-31-57-51/h3-12,14-27,36,51-53H,13,28-35H2,1-2H3. The third-order valence-corrected chi connectivity index (χ3v) is 15.3. The van der Waals surface area contributed by atoms with Gasteiger partial charge >= 0.3 is 8.60 Å². The molecule has 0 spiro atoms. The van der Waals surface area contributed by atoms with Crippen LogP contribution in [0.15, 0.2) is 167 Å². The molecule has 0 radical (unpaired) electrons. The highest BCUT2D eigenvalue weighted by atomic mass is 32.2. The SMILES string of the molecule is CC(C)P(Oc1ccccc1C1OCCCO1)Oc1ccc2ccccc2c1Sc1c(COP(OC2=CC=CC=C(C3OCCO3)C2)Oc2ccccc2C2OCCO2)ccc2ccccc12. The first kappa shape index (κ1) is 45.9. The Hall–Kier alpha value is -4.81. The second-order valence-electron chi connectivity index (χ2n) is 16.3. The minimum Gasteiger partial charge on any atom is -0.438 e. The predicted molar refractivity (Wildman–Crippen MR) is 261 cm³/mol. The highest BCUT2D eigenvalue weighted by molar-refractivity contribution is 8.00. The zero-order valence-corrected chi connectivity index (χ0v) is 39.9. The van der Waals surface area contributed by atoms with Crippen molar-refractivity contribution in [3.05, 3.63) is 174 Å². The number of fused-ring (bicyclic) bond motifs is 2. The first-order valence-corrected chi connectivity index (χ1v) is 25.8. The Morgan fingerprint density at radius 1 is 0.537 bits per heavy atom. The van der Waals surface area contributed by atoms with E-state index in [2.05, 4.69) is 86.6 Å². The molecular weight excluding hydrogens is 907 g/mol. The summed E-state index contributed by atoms with van der Waals surface area (Å²) < 4.78 is 69.8. The maximum Gasteiger partial charge on any atom is 0.463 e. The normalized spacial score (nSPS) is 18.2. The number of hydrogen-bond donors (Lipinski definition) is 0. The fourth-order valence-electron chi connectivity index (χ4n) is 8.00. The van der Waals surface area contributed by atoms with E-state index >= 15 is 0 Å². The van der Waals surface area contributed by atoms with E-state index in [0.717, 1.165) is 65.8 Å². The maximum atomic E-state index is 7.06. The lowest BCUT2D eigenvalue weighted by Gasteiger charge is -2.28. The van der Waals surface area contributed by atoms with E-state index in [1.54, 1.807) is 11.8 Å². The molecule has 4 aliphatic rings. The number of benzene rings is 6. The number of allylic oxidation sites excluding steroid dienone is 5. The van der Waals surface area contributed by atoms with Crippen molar-refractivity contribution in [3.63, 3.8) is 0 Å². The Labute approximate surface area is 397 Å². The Bertz CT molecular complexity index is 2740. The van der Waals surface area contributed by atoms with E-state index in [1.807, 2.05) is 72.8 Å². The third-order valence-electron chi connectivity index (χ3n) is 11.3. The summed E-state index contributed by atoms with van der Waals surface area (Å²) in [7, 11) is -3.53. The number of para-hydroxylation sites is 2. The number of rotatable bonds is 17. The molecule has 3 heterocycles. The molecule has 0 N–H and O–H groups in total. The van der Waals surface area contributed by atoms with E-state index in [4.69, 9.17) is 51.0 Å². The second-order valence-corrected chi connectivity index (χ2v) is 20.4. The number of hydrogen-bond acceptors (Lipinski definition) is 12. The molecule has 2 atom stereocenters. The maximum absolute atomic E-state index is 7.06. The zero-order valence-electron chi connectivity index (χ0n) is 37.3. The van der Waals surface area contributed by atoms with E-state index in [1.165, 1.54) is 0 Å². The largest absolute Gasteiger partial charge is 0.463 e. The van der Waals surface area contributed by atoms with Gasteiger partial charge < -0.3 is 46.5 Å². The van der Waals surface area contributed by atoms with Gasteiger partial charge in [0.05, 0.1) is 62.3 Å². The summed E-state index contributed by atoms with van der Waals surface area (Å²) in [6.07, 6.45) is 7.67. The minimum absolute atomic E-state index is 0.0436. The Morgan fingerprint density at radius 3 is 1.78 bits per heavy atom. The monoisotopic (exact) mass is 958 g/mol. The van der Waals surface area contributed by atoms with Crippen LogP contribution in [0, 0.1) is 0 Å². The molecule has 0 saturated carbocycles. The highest BCUT2D eigenvalue weighted by Gasteiger charge is 2.31. The Kier molecular flexibility index (Phi) is 15.1. The van der Waals surface area contributed by atoms with Gasteiger partial charge in [-0.15, -0.1) is 0 Å². The lowest BCUT2D eigenvalue weighted by molar-refractivity contribution is -0.183. The smallest absolute Gasteiger partial charge is 0.438 e. The van der Waals surface area contributed by atoms with Crippen LogP contribution in [0.3, 0.4) is 0 Å². The zero-order chi connectivity index (χ0) is 45.4. The van der Waals surface area contributed by atoms with Crippen LogP contribution in [0.2, 0.25) is 0 Å². The van der Waals surface area contributed by atoms with Gasteiger partial charge in [-0.05, 0) is 63.4 Å². The highest BCUT2D eigenvalue weighted by Crippen LogP contribution is 2.53. The van der Waals surface area contributed by atoms with Gasteiger partial charge in [-0.3, -0.25) is 4.52 Å². The molecule has 0 aromatic heterocycles. The van der Waals surface area contributed by atoms with E-state index in [9.17, 15) is 0 Å². The van der Waals surface area contributed by atoms with Crippen molar-refractivity contribution in [3.8, 4) is 17.2 Å². The van der Waals surface area contributed by atoms with Gasteiger partial charge in [-0.25, -0.2) is 0 Å². The summed E-state index contributed by atoms with van der Waals surface area (Å²) >= 11 is 1.66. The molecule has 346 valence electrons. The van der Waals surface area contributed by atoms with Crippen LogP contribution in [0.4, 0.5) is 0 Å². The van der Waals surface area contributed by atoms with Crippen LogP contribution in [-0.4, -0.2) is 51.6 Å². The fraction of sp³-hybridized carbons (Fsp3) is 0.283. The molecule has 0 bridgehead atoms. The summed E-state index contributed by atoms with van der Waals surface area (Å²) in [5, 5.41) is 4.32. The Balaban J connectivity index is 0.978. The number of ether oxygens (including phenoxy) is 6. The van der Waals surface area contributed by atoms with E-state index < -0.39 is 35.8 Å². The molecule has 3 aliphatic heterocycles. The third kappa shape index (κ3) is 11.1. The molecule has 14 heteroatoms. The first-order valence-electron chi connectivity index (χ1n) is 22.6. The van der Waals surface area contributed by atoms with Crippen LogP contribution in [0.1, 0.15) is 56.0 Å². The summed E-state index contributed by atoms with van der Waals surface area (Å²) in [6.45, 7) is 7.76. The van der Waals surface area contributed by atoms with Crippen molar-refractivity contribution >= 4 is 50.3 Å². The molecule has 10 rings (SSSR count). The van der Waals surface area contributed by atoms with Crippen molar-refractivity contribution in [2.24, 2.45) is 0 Å². The van der Waals surface area contributed by atoms with Gasteiger partial charge in [0.1, 0.15) is 23.0 Å². The van der Waals surface area contributed by atoms with Crippen LogP contribution in [0.5, 0.6) is 17.2 Å². The summed E-state index contributed by atoms with van der Waals surface area (Å²) in [5.41, 5.74) is 3.55. The molecule has 67 heavy (non-hydrogen) atoms. The van der Waals surface area contributed by atoms with E-state index in [0.29, 0.717) is 63.3 Å². The quantitative estimate of drug-likeness (QED) is 0.0814. The van der Waals surface area contributed by atoms with Crippen molar-refractivity contribution in [1.29, 1.82) is 0 Å². The van der Waals surface area contributed by atoms with Crippen LogP contribution >= 0.6 is 28.7 Å². The molecule has 6 aromatic rings. The van der Waals surface area contributed by atoms with Gasteiger partial charge in [-0.2, -0.15) is 0 Å². The average Bonchev–Trinajstić information content (AvgIpc) is 4.07. The van der Waals surface area contributed by atoms with Gasteiger partial charge in [-0.1, -0.05) is 147 Å².